The molecule has 0 amide bonds. The number of hydrogen-bond acceptors (Lipinski definition) is 6. The second-order valence-electron chi connectivity index (χ2n) is 7.86. The molecule has 0 saturated heterocycles. The third-order valence-electron chi connectivity index (χ3n) is 4.48. The largest absolute Gasteiger partial charge is 0.507 e. The number of pyridine rings is 1. The van der Waals surface area contributed by atoms with Crippen LogP contribution in [0.4, 0.5) is 4.39 Å². The van der Waals surface area contributed by atoms with Gasteiger partial charge in [-0.25, -0.2) is 12.8 Å². The Labute approximate surface area is 170 Å². The second-order valence-corrected chi connectivity index (χ2v) is 9.72. The van der Waals surface area contributed by atoms with E-state index in [1.165, 1.54) is 4.31 Å². The maximum Gasteiger partial charge on any atom is 0.247 e. The van der Waals surface area contributed by atoms with Crippen LogP contribution in [-0.2, 0) is 32.6 Å². The fourth-order valence-electron chi connectivity index (χ4n) is 3.00. The summed E-state index contributed by atoms with van der Waals surface area (Å²) in [5, 5.41) is 10.1. The molecule has 1 aromatic carbocycles. The Morgan fingerprint density at radius 3 is 2.83 bits per heavy atom. The zero-order valence-electron chi connectivity index (χ0n) is 16.6. The van der Waals surface area contributed by atoms with Gasteiger partial charge in [0.15, 0.2) is 0 Å². The molecule has 0 radical (unpaired) electrons. The molecule has 1 aliphatic rings. The minimum absolute atomic E-state index is 0.00297. The number of fused-ring (bicyclic) bond motifs is 1. The van der Waals surface area contributed by atoms with Gasteiger partial charge in [0, 0.05) is 12.7 Å². The first kappa shape index (κ1) is 21.6. The Kier molecular flexibility index (Phi) is 6.23. The van der Waals surface area contributed by atoms with Gasteiger partial charge >= 0.3 is 0 Å². The van der Waals surface area contributed by atoms with Gasteiger partial charge in [0.2, 0.25) is 10.0 Å². The molecular formula is C20H25FN2O5S. The average Bonchev–Trinajstić information content (AvgIpc) is 2.62. The van der Waals surface area contributed by atoms with Crippen molar-refractivity contribution in [2.24, 2.45) is 0 Å². The quantitative estimate of drug-likeness (QED) is 0.812. The van der Waals surface area contributed by atoms with Crippen molar-refractivity contribution < 1.29 is 27.4 Å². The van der Waals surface area contributed by atoms with Crippen molar-refractivity contribution in [2.45, 2.75) is 50.5 Å². The highest BCUT2D eigenvalue weighted by molar-refractivity contribution is 7.89. The standard InChI is InChI=1S/C20H25FN2O5S/c1-20(2,3)28-12-16-11-27-13-17-14(5-4-8-22-17)10-23(16)29(25,26)19-9-15(21)6-7-18(19)24/h4-9,16,24H,10-13H2,1-3H3/t16-/m0/s1. The molecule has 0 bridgehead atoms. The molecule has 0 unspecified atom stereocenters. The molecule has 3 rings (SSSR count). The Bertz CT molecular complexity index is 975. The van der Waals surface area contributed by atoms with Gasteiger partial charge in [-0.05, 0) is 50.6 Å². The number of aromatic hydroxyl groups is 1. The zero-order valence-corrected chi connectivity index (χ0v) is 17.4. The maximum absolute atomic E-state index is 13.8. The predicted molar refractivity (Wildman–Crippen MR) is 104 cm³/mol. The fraction of sp³-hybridized carbons (Fsp3) is 0.450. The SMILES string of the molecule is CC(C)(C)OC[C@@H]1COCc2ncccc2CN1S(=O)(=O)c1cc(F)ccc1O. The minimum Gasteiger partial charge on any atom is -0.507 e. The molecule has 1 atom stereocenters. The summed E-state index contributed by atoms with van der Waals surface area (Å²) in [7, 11) is -4.26. The molecule has 0 saturated carbocycles. The van der Waals surface area contributed by atoms with Gasteiger partial charge < -0.3 is 14.6 Å². The van der Waals surface area contributed by atoms with E-state index in [0.29, 0.717) is 11.3 Å². The van der Waals surface area contributed by atoms with E-state index in [4.69, 9.17) is 9.47 Å². The van der Waals surface area contributed by atoms with Gasteiger partial charge in [-0.3, -0.25) is 4.98 Å². The zero-order chi connectivity index (χ0) is 21.2. The van der Waals surface area contributed by atoms with E-state index in [-0.39, 0.29) is 26.4 Å². The third kappa shape index (κ3) is 5.11. The Balaban J connectivity index is 2.05. The summed E-state index contributed by atoms with van der Waals surface area (Å²) in [5.74, 6) is -1.27. The lowest BCUT2D eigenvalue weighted by molar-refractivity contribution is -0.0462. The van der Waals surface area contributed by atoms with Crippen LogP contribution in [0.15, 0.2) is 41.4 Å². The number of benzene rings is 1. The monoisotopic (exact) mass is 424 g/mol. The first-order valence-corrected chi connectivity index (χ1v) is 10.7. The van der Waals surface area contributed by atoms with Gasteiger partial charge in [-0.2, -0.15) is 4.31 Å². The number of phenols is 1. The van der Waals surface area contributed by atoms with Gasteiger partial charge in [0.25, 0.3) is 0 Å². The van der Waals surface area contributed by atoms with Crippen LogP contribution < -0.4 is 0 Å². The van der Waals surface area contributed by atoms with Crippen LogP contribution in [-0.4, -0.2) is 47.7 Å². The number of rotatable bonds is 4. The summed E-state index contributed by atoms with van der Waals surface area (Å²) in [6, 6.07) is 5.66. The molecule has 2 aromatic rings. The van der Waals surface area contributed by atoms with E-state index in [1.807, 2.05) is 20.8 Å². The van der Waals surface area contributed by atoms with Crippen molar-refractivity contribution in [3.63, 3.8) is 0 Å². The number of nitrogens with zero attached hydrogens (tertiary/aromatic N) is 2. The van der Waals surface area contributed by atoms with Crippen molar-refractivity contribution in [1.29, 1.82) is 0 Å². The third-order valence-corrected chi connectivity index (χ3v) is 6.41. The van der Waals surface area contributed by atoms with E-state index < -0.39 is 38.1 Å². The lowest BCUT2D eigenvalue weighted by Gasteiger charge is -2.34. The number of sulfonamides is 1. The van der Waals surface area contributed by atoms with E-state index in [9.17, 15) is 17.9 Å². The maximum atomic E-state index is 13.8. The van der Waals surface area contributed by atoms with Crippen LogP contribution in [0.5, 0.6) is 5.75 Å². The van der Waals surface area contributed by atoms with Crippen molar-refractivity contribution in [3.05, 3.63) is 53.6 Å². The summed E-state index contributed by atoms with van der Waals surface area (Å²) in [5.41, 5.74) is 0.817. The van der Waals surface area contributed by atoms with E-state index in [1.54, 1.807) is 18.3 Å². The fourth-order valence-corrected chi connectivity index (χ4v) is 4.67. The summed E-state index contributed by atoms with van der Waals surface area (Å²) >= 11 is 0. The van der Waals surface area contributed by atoms with E-state index in [2.05, 4.69) is 4.98 Å². The van der Waals surface area contributed by atoms with Gasteiger partial charge in [-0.1, -0.05) is 6.07 Å². The molecule has 0 fully saturated rings. The molecule has 7 nitrogen and oxygen atoms in total. The normalized spacial score (nSPS) is 18.7. The summed E-state index contributed by atoms with van der Waals surface area (Å²) in [6.07, 6.45) is 1.61. The molecule has 0 spiro atoms. The second kappa shape index (κ2) is 8.35. The summed E-state index contributed by atoms with van der Waals surface area (Å²) in [4.78, 5) is 3.77. The molecule has 2 heterocycles. The number of hydrogen-bond donors (Lipinski definition) is 1. The summed E-state index contributed by atoms with van der Waals surface area (Å²) in [6.45, 7) is 6.01. The predicted octanol–water partition coefficient (Wildman–Crippen LogP) is 2.83. The topological polar surface area (TPSA) is 89.0 Å². The van der Waals surface area contributed by atoms with Crippen LogP contribution >= 0.6 is 0 Å². The Hall–Kier alpha value is -2.07. The highest BCUT2D eigenvalue weighted by atomic mass is 32.2. The van der Waals surface area contributed by atoms with Crippen LogP contribution in [0.2, 0.25) is 0 Å². The molecule has 1 aliphatic heterocycles. The number of halogens is 1. The number of aromatic nitrogens is 1. The first-order chi connectivity index (χ1) is 13.6. The van der Waals surface area contributed by atoms with Crippen LogP contribution in [0.25, 0.3) is 0 Å². The lowest BCUT2D eigenvalue weighted by atomic mass is 10.1. The van der Waals surface area contributed by atoms with Crippen molar-refractivity contribution in [2.75, 3.05) is 13.2 Å². The molecule has 29 heavy (non-hydrogen) atoms. The molecule has 9 heteroatoms. The molecule has 1 aromatic heterocycles. The van der Waals surface area contributed by atoms with Gasteiger partial charge in [0.1, 0.15) is 16.5 Å². The average molecular weight is 424 g/mol. The van der Waals surface area contributed by atoms with E-state index in [0.717, 1.165) is 18.2 Å². The van der Waals surface area contributed by atoms with Crippen LogP contribution in [0.3, 0.4) is 0 Å². The minimum atomic E-state index is -4.26. The Morgan fingerprint density at radius 2 is 2.10 bits per heavy atom. The molecular weight excluding hydrogens is 399 g/mol. The number of phenolic OH excluding ortho intramolecular Hbond substituents is 1. The van der Waals surface area contributed by atoms with Crippen LogP contribution in [0.1, 0.15) is 32.0 Å². The van der Waals surface area contributed by atoms with Crippen molar-refractivity contribution >= 4 is 10.0 Å². The Morgan fingerprint density at radius 1 is 1.34 bits per heavy atom. The molecule has 1 N–H and O–H groups in total. The number of ether oxygens (including phenoxy) is 2. The lowest BCUT2D eigenvalue weighted by Crippen LogP contribution is -2.47. The summed E-state index contributed by atoms with van der Waals surface area (Å²) < 4.78 is 53.4. The van der Waals surface area contributed by atoms with Gasteiger partial charge in [0.05, 0.1) is 37.2 Å². The highest BCUT2D eigenvalue weighted by Gasteiger charge is 2.36. The van der Waals surface area contributed by atoms with Crippen molar-refractivity contribution in [1.82, 2.24) is 9.29 Å². The van der Waals surface area contributed by atoms with E-state index >= 15 is 0 Å². The van der Waals surface area contributed by atoms with Crippen molar-refractivity contribution in [3.8, 4) is 5.75 Å². The van der Waals surface area contributed by atoms with Crippen LogP contribution in [0, 0.1) is 5.82 Å². The first-order valence-electron chi connectivity index (χ1n) is 9.23. The highest BCUT2D eigenvalue weighted by Crippen LogP contribution is 2.30. The van der Waals surface area contributed by atoms with Gasteiger partial charge in [-0.15, -0.1) is 0 Å². The molecule has 0 aliphatic carbocycles. The molecule has 158 valence electrons. The smallest absolute Gasteiger partial charge is 0.247 e.